The molecular weight excluding hydrogens is 272 g/mol. The van der Waals surface area contributed by atoms with Gasteiger partial charge in [-0.15, -0.1) is 6.58 Å². The number of sulfone groups is 1. The smallest absolute Gasteiger partial charge is 0.159 e. The number of benzene rings is 1. The third-order valence-electron chi connectivity index (χ3n) is 3.38. The Morgan fingerprint density at radius 3 is 2.00 bits per heavy atom. The summed E-state index contributed by atoms with van der Waals surface area (Å²) in [6, 6.07) is 12.0. The van der Waals surface area contributed by atoms with Crippen LogP contribution >= 0.6 is 0 Å². The third-order valence-corrected chi connectivity index (χ3v) is 5.62. The van der Waals surface area contributed by atoms with Crippen LogP contribution in [0.4, 0.5) is 0 Å². The summed E-state index contributed by atoms with van der Waals surface area (Å²) in [6.45, 7) is 3.43. The van der Waals surface area contributed by atoms with Gasteiger partial charge in [-0.2, -0.15) is 0 Å². The van der Waals surface area contributed by atoms with Crippen molar-refractivity contribution in [3.8, 4) is 0 Å². The van der Waals surface area contributed by atoms with E-state index in [-0.39, 0.29) is 5.75 Å². The molecule has 4 nitrogen and oxygen atoms in total. The first-order valence-corrected chi connectivity index (χ1v) is 8.52. The van der Waals surface area contributed by atoms with Gasteiger partial charge in [0.05, 0.1) is 16.7 Å². The molecule has 4 N–H and O–H groups in total. The summed E-state index contributed by atoms with van der Waals surface area (Å²) in [6.07, 6.45) is 4.33. The van der Waals surface area contributed by atoms with Crippen LogP contribution in [0.2, 0.25) is 0 Å². The highest BCUT2D eigenvalue weighted by molar-refractivity contribution is 7.92. The molecule has 1 aliphatic rings. The van der Waals surface area contributed by atoms with E-state index in [2.05, 4.69) is 6.58 Å². The number of hydrogen-bond acceptors (Lipinski definition) is 4. The van der Waals surface area contributed by atoms with Crippen LogP contribution in [0.25, 0.3) is 0 Å². The first-order chi connectivity index (χ1) is 9.40. The van der Waals surface area contributed by atoms with Crippen LogP contribution in [0, 0.1) is 0 Å². The summed E-state index contributed by atoms with van der Waals surface area (Å²) in [4.78, 5) is 0. The van der Waals surface area contributed by atoms with Crippen molar-refractivity contribution in [2.75, 3.05) is 5.75 Å². The zero-order chi connectivity index (χ0) is 15.1. The molecule has 1 aromatic carbocycles. The molecule has 0 spiro atoms. The Labute approximate surface area is 121 Å². The Bertz CT molecular complexity index is 471. The van der Waals surface area contributed by atoms with Crippen LogP contribution in [-0.2, 0) is 9.84 Å². The highest BCUT2D eigenvalue weighted by Crippen LogP contribution is 2.28. The summed E-state index contributed by atoms with van der Waals surface area (Å²) >= 11 is 0. The minimum Gasteiger partial charge on any atom is -0.312 e. The fourth-order valence-corrected chi connectivity index (χ4v) is 4.24. The average molecular weight is 296 g/mol. The van der Waals surface area contributed by atoms with Crippen LogP contribution in [0.5, 0.6) is 0 Å². The van der Waals surface area contributed by atoms with Crippen molar-refractivity contribution in [3.63, 3.8) is 0 Å². The van der Waals surface area contributed by atoms with E-state index in [0.29, 0.717) is 12.8 Å². The minimum absolute atomic E-state index is 0.0339. The summed E-state index contributed by atoms with van der Waals surface area (Å²) in [5.41, 5.74) is 10.6. The van der Waals surface area contributed by atoms with E-state index in [0.717, 1.165) is 12.8 Å². The van der Waals surface area contributed by atoms with Crippen molar-refractivity contribution in [2.24, 2.45) is 11.5 Å². The van der Waals surface area contributed by atoms with E-state index >= 15 is 0 Å². The topological polar surface area (TPSA) is 86.2 Å². The first kappa shape index (κ1) is 16.9. The molecule has 1 unspecified atom stereocenters. The van der Waals surface area contributed by atoms with Gasteiger partial charge in [-0.05, 0) is 12.8 Å². The highest BCUT2D eigenvalue weighted by atomic mass is 32.2. The number of hydrogen-bond donors (Lipinski definition) is 2. The molecule has 0 radical (unpaired) electrons. The van der Waals surface area contributed by atoms with Crippen molar-refractivity contribution in [1.29, 1.82) is 0 Å². The molecule has 0 amide bonds. The molecule has 1 aliphatic carbocycles. The molecule has 1 atom stereocenters. The predicted octanol–water partition coefficient (Wildman–Crippen LogP) is 1.83. The Morgan fingerprint density at radius 2 is 1.60 bits per heavy atom. The van der Waals surface area contributed by atoms with Crippen molar-refractivity contribution in [3.05, 3.63) is 49.1 Å². The molecule has 1 aromatic rings. The highest BCUT2D eigenvalue weighted by Gasteiger charge is 2.41. The quantitative estimate of drug-likeness (QED) is 0.658. The lowest BCUT2D eigenvalue weighted by Gasteiger charge is -2.37. The fourth-order valence-electron chi connectivity index (χ4n) is 2.37. The van der Waals surface area contributed by atoms with Crippen molar-refractivity contribution < 1.29 is 8.42 Å². The Morgan fingerprint density at radius 1 is 1.10 bits per heavy atom. The van der Waals surface area contributed by atoms with Crippen LogP contribution in [0.3, 0.4) is 0 Å². The molecule has 2 rings (SSSR count). The molecule has 1 saturated carbocycles. The summed E-state index contributed by atoms with van der Waals surface area (Å²) in [5, 5.41) is -0.609. The van der Waals surface area contributed by atoms with E-state index in [1.165, 1.54) is 6.08 Å². The average Bonchev–Trinajstić information content (AvgIpc) is 2.40. The molecule has 0 saturated heterocycles. The first-order valence-electron chi connectivity index (χ1n) is 6.80. The Hall–Kier alpha value is -1.17. The standard InChI is InChI=1S/C9H18N2O2S.C6H6/c1-2-7-14(12,13)8-5-3-4-6-9(8,10)11;1-2-4-6-5-3-1/h2,8H,1,3-7,10-11H2;1-6H. The largest absolute Gasteiger partial charge is 0.312 e. The maximum absolute atomic E-state index is 11.8. The zero-order valence-corrected chi connectivity index (χ0v) is 12.6. The lowest BCUT2D eigenvalue weighted by atomic mass is 9.90. The SMILES string of the molecule is C=CCS(=O)(=O)C1CCCCC1(N)N.c1ccccc1. The summed E-state index contributed by atoms with van der Waals surface area (Å²) in [5.74, 6) is -0.0339. The normalized spacial score (nSPS) is 21.4. The molecule has 0 aliphatic heterocycles. The molecule has 0 aromatic heterocycles. The molecular formula is C15H24N2O2S. The predicted molar refractivity (Wildman–Crippen MR) is 83.8 cm³/mol. The zero-order valence-electron chi connectivity index (χ0n) is 11.7. The monoisotopic (exact) mass is 296 g/mol. The molecule has 1 fully saturated rings. The Kier molecular flexibility index (Phi) is 6.39. The minimum atomic E-state index is -3.21. The van der Waals surface area contributed by atoms with Crippen LogP contribution in [0.1, 0.15) is 25.7 Å². The molecule has 112 valence electrons. The van der Waals surface area contributed by atoms with Crippen molar-refractivity contribution >= 4 is 9.84 Å². The molecule has 0 heterocycles. The number of rotatable bonds is 3. The Balaban J connectivity index is 0.000000276. The van der Waals surface area contributed by atoms with Crippen LogP contribution in [0.15, 0.2) is 49.1 Å². The van der Waals surface area contributed by atoms with Gasteiger partial charge < -0.3 is 11.5 Å². The van der Waals surface area contributed by atoms with Gasteiger partial charge in [0.15, 0.2) is 9.84 Å². The van der Waals surface area contributed by atoms with Crippen molar-refractivity contribution in [2.45, 2.75) is 36.6 Å². The lowest BCUT2D eigenvalue weighted by molar-refractivity contribution is 0.306. The molecule has 0 bridgehead atoms. The van der Waals surface area contributed by atoms with Crippen LogP contribution < -0.4 is 11.5 Å². The van der Waals surface area contributed by atoms with E-state index < -0.39 is 20.8 Å². The second-order valence-electron chi connectivity index (χ2n) is 5.12. The maximum Gasteiger partial charge on any atom is 0.159 e. The van der Waals surface area contributed by atoms with Crippen molar-refractivity contribution in [1.82, 2.24) is 0 Å². The van der Waals surface area contributed by atoms with Gasteiger partial charge in [0.1, 0.15) is 0 Å². The second kappa shape index (κ2) is 7.57. The van der Waals surface area contributed by atoms with E-state index in [1.54, 1.807) is 0 Å². The van der Waals surface area contributed by atoms with Gasteiger partial charge in [0, 0.05) is 0 Å². The van der Waals surface area contributed by atoms with Gasteiger partial charge in [-0.25, -0.2) is 8.42 Å². The van der Waals surface area contributed by atoms with Gasteiger partial charge in [0.25, 0.3) is 0 Å². The van der Waals surface area contributed by atoms with E-state index in [1.807, 2.05) is 36.4 Å². The lowest BCUT2D eigenvalue weighted by Crippen LogP contribution is -2.62. The molecule has 5 heteroatoms. The van der Waals surface area contributed by atoms with Gasteiger partial charge >= 0.3 is 0 Å². The fraction of sp³-hybridized carbons (Fsp3) is 0.467. The van der Waals surface area contributed by atoms with Gasteiger partial charge in [0.2, 0.25) is 0 Å². The second-order valence-corrected chi connectivity index (χ2v) is 7.35. The van der Waals surface area contributed by atoms with E-state index in [4.69, 9.17) is 11.5 Å². The summed E-state index contributed by atoms with van der Waals surface area (Å²) < 4.78 is 23.5. The van der Waals surface area contributed by atoms with Gasteiger partial charge in [-0.1, -0.05) is 55.3 Å². The number of nitrogens with two attached hydrogens (primary N) is 2. The van der Waals surface area contributed by atoms with E-state index in [9.17, 15) is 8.42 Å². The van der Waals surface area contributed by atoms with Gasteiger partial charge in [-0.3, -0.25) is 0 Å². The maximum atomic E-state index is 11.8. The van der Waals surface area contributed by atoms with Crippen LogP contribution in [-0.4, -0.2) is 25.1 Å². The third kappa shape index (κ3) is 5.07. The molecule has 20 heavy (non-hydrogen) atoms. The summed E-state index contributed by atoms with van der Waals surface area (Å²) in [7, 11) is -3.21.